The lowest BCUT2D eigenvalue weighted by molar-refractivity contribution is -0.0499. The summed E-state index contributed by atoms with van der Waals surface area (Å²) in [5.41, 5.74) is -0.00667. The van der Waals surface area contributed by atoms with Crippen LogP contribution in [0.2, 0.25) is 5.02 Å². The first-order valence-electron chi connectivity index (χ1n) is 3.28. The molecule has 5 heteroatoms. The van der Waals surface area contributed by atoms with Crippen molar-refractivity contribution in [1.29, 1.82) is 5.26 Å². The molecule has 68 valence electrons. The highest BCUT2D eigenvalue weighted by molar-refractivity contribution is 6.32. The van der Waals surface area contributed by atoms with Crippen molar-refractivity contribution in [3.8, 4) is 11.8 Å². The number of para-hydroxylation sites is 1. The maximum absolute atomic E-state index is 11.8. The number of benzene rings is 1. The van der Waals surface area contributed by atoms with Crippen LogP contribution in [0.5, 0.6) is 5.75 Å². The summed E-state index contributed by atoms with van der Waals surface area (Å²) >= 11 is 5.54. The van der Waals surface area contributed by atoms with Crippen molar-refractivity contribution >= 4 is 11.6 Å². The first-order valence-corrected chi connectivity index (χ1v) is 3.66. The molecule has 0 aliphatic carbocycles. The summed E-state index contributed by atoms with van der Waals surface area (Å²) in [5.74, 6) is -0.276. The van der Waals surface area contributed by atoms with Gasteiger partial charge >= 0.3 is 6.61 Å². The van der Waals surface area contributed by atoms with Gasteiger partial charge in [-0.2, -0.15) is 14.0 Å². The molecule has 0 aliphatic heterocycles. The van der Waals surface area contributed by atoms with E-state index in [-0.39, 0.29) is 16.3 Å². The predicted molar refractivity (Wildman–Crippen MR) is 42.8 cm³/mol. The third kappa shape index (κ3) is 2.30. The molecule has 0 N–H and O–H groups in total. The van der Waals surface area contributed by atoms with Crippen molar-refractivity contribution in [2.24, 2.45) is 0 Å². The molecular formula is C8H4ClF2NO. The highest BCUT2D eigenvalue weighted by Gasteiger charge is 2.12. The first kappa shape index (κ1) is 9.75. The molecule has 2 nitrogen and oxygen atoms in total. The van der Waals surface area contributed by atoms with Crippen LogP contribution in [0.1, 0.15) is 5.56 Å². The number of rotatable bonds is 2. The fourth-order valence-corrected chi connectivity index (χ4v) is 1.02. The maximum atomic E-state index is 11.8. The Bertz CT molecular complexity index is 348. The molecule has 1 aromatic carbocycles. The number of halogens is 3. The minimum absolute atomic E-state index is 0.000602. The average molecular weight is 204 g/mol. The number of alkyl halides is 2. The molecule has 0 radical (unpaired) electrons. The second kappa shape index (κ2) is 4.06. The minimum atomic E-state index is -2.98. The van der Waals surface area contributed by atoms with E-state index in [2.05, 4.69) is 4.74 Å². The standard InChI is InChI=1S/C8H4ClF2NO/c9-6-3-1-2-5(4-12)7(6)13-8(10)11/h1-3,8H. The second-order valence-electron chi connectivity index (χ2n) is 2.11. The van der Waals surface area contributed by atoms with Crippen LogP contribution in [0.25, 0.3) is 0 Å². The maximum Gasteiger partial charge on any atom is 0.387 e. The van der Waals surface area contributed by atoms with Crippen LogP contribution in [-0.4, -0.2) is 6.61 Å². The summed E-state index contributed by atoms with van der Waals surface area (Å²) in [6.07, 6.45) is 0. The second-order valence-corrected chi connectivity index (χ2v) is 2.51. The predicted octanol–water partition coefficient (Wildman–Crippen LogP) is 2.81. The molecule has 0 aromatic heterocycles. The Hall–Kier alpha value is -1.34. The third-order valence-corrected chi connectivity index (χ3v) is 1.59. The number of nitrogens with zero attached hydrogens (tertiary/aromatic N) is 1. The van der Waals surface area contributed by atoms with Crippen molar-refractivity contribution in [3.05, 3.63) is 28.8 Å². The Morgan fingerprint density at radius 2 is 2.15 bits per heavy atom. The van der Waals surface area contributed by atoms with Gasteiger partial charge in [0.05, 0.1) is 10.6 Å². The zero-order chi connectivity index (χ0) is 9.84. The summed E-state index contributed by atoms with van der Waals surface area (Å²) in [6, 6.07) is 5.91. The van der Waals surface area contributed by atoms with Crippen LogP contribution in [0.3, 0.4) is 0 Å². The highest BCUT2D eigenvalue weighted by atomic mass is 35.5. The van der Waals surface area contributed by atoms with Gasteiger partial charge in [-0.25, -0.2) is 0 Å². The quantitative estimate of drug-likeness (QED) is 0.741. The fraction of sp³-hybridized carbons (Fsp3) is 0.125. The molecule has 0 bridgehead atoms. The molecule has 0 spiro atoms. The lowest BCUT2D eigenvalue weighted by Crippen LogP contribution is -2.03. The summed E-state index contributed by atoms with van der Waals surface area (Å²) in [5, 5.41) is 8.52. The van der Waals surface area contributed by atoms with Crippen LogP contribution in [0, 0.1) is 11.3 Å². The van der Waals surface area contributed by atoms with E-state index in [1.807, 2.05) is 0 Å². The molecule has 0 unspecified atom stereocenters. The molecule has 1 aromatic rings. The van der Waals surface area contributed by atoms with Gasteiger partial charge in [-0.05, 0) is 12.1 Å². The molecule has 0 saturated heterocycles. The first-order chi connectivity index (χ1) is 6.15. The van der Waals surface area contributed by atoms with Crippen LogP contribution >= 0.6 is 11.6 Å². The van der Waals surface area contributed by atoms with Crippen molar-refractivity contribution in [2.45, 2.75) is 6.61 Å². The topological polar surface area (TPSA) is 33.0 Å². The summed E-state index contributed by atoms with van der Waals surface area (Å²) in [6.45, 7) is -2.98. The number of ether oxygens (including phenoxy) is 1. The van der Waals surface area contributed by atoms with Gasteiger partial charge in [0.2, 0.25) is 0 Å². The van der Waals surface area contributed by atoms with Gasteiger partial charge in [-0.15, -0.1) is 0 Å². The smallest absolute Gasteiger partial charge is 0.387 e. The Kier molecular flexibility index (Phi) is 3.04. The monoisotopic (exact) mass is 203 g/mol. The summed E-state index contributed by atoms with van der Waals surface area (Å²) in [4.78, 5) is 0. The molecule has 0 saturated carbocycles. The molecule has 0 heterocycles. The van der Waals surface area contributed by atoms with E-state index in [0.717, 1.165) is 0 Å². The molecule has 0 atom stereocenters. The highest BCUT2D eigenvalue weighted by Crippen LogP contribution is 2.29. The normalized spacial score (nSPS) is 9.77. The van der Waals surface area contributed by atoms with Crippen LogP contribution in [0.4, 0.5) is 8.78 Å². The van der Waals surface area contributed by atoms with Crippen molar-refractivity contribution in [2.75, 3.05) is 0 Å². The van der Waals surface area contributed by atoms with Gasteiger partial charge < -0.3 is 4.74 Å². The van der Waals surface area contributed by atoms with E-state index in [9.17, 15) is 8.78 Å². The molecule has 13 heavy (non-hydrogen) atoms. The molecule has 0 amide bonds. The largest absolute Gasteiger partial charge is 0.432 e. The van der Waals surface area contributed by atoms with Crippen LogP contribution in [0.15, 0.2) is 18.2 Å². The van der Waals surface area contributed by atoms with Crippen molar-refractivity contribution in [1.82, 2.24) is 0 Å². The van der Waals surface area contributed by atoms with E-state index in [4.69, 9.17) is 16.9 Å². The Balaban J connectivity index is 3.10. The van der Waals surface area contributed by atoms with Gasteiger partial charge in [0.1, 0.15) is 6.07 Å². The molecule has 0 fully saturated rings. The van der Waals surface area contributed by atoms with E-state index in [0.29, 0.717) is 0 Å². The zero-order valence-corrected chi connectivity index (χ0v) is 7.05. The fourth-order valence-electron chi connectivity index (χ4n) is 0.806. The van der Waals surface area contributed by atoms with E-state index >= 15 is 0 Å². The Labute approximate surface area is 78.3 Å². The Morgan fingerprint density at radius 3 is 2.69 bits per heavy atom. The van der Waals surface area contributed by atoms with E-state index in [1.165, 1.54) is 18.2 Å². The lowest BCUT2D eigenvalue weighted by atomic mass is 10.2. The number of nitriles is 1. The van der Waals surface area contributed by atoms with Gasteiger partial charge in [-0.3, -0.25) is 0 Å². The van der Waals surface area contributed by atoms with Gasteiger partial charge in [-0.1, -0.05) is 17.7 Å². The molecular weight excluding hydrogens is 200 g/mol. The summed E-state index contributed by atoms with van der Waals surface area (Å²) in [7, 11) is 0. The van der Waals surface area contributed by atoms with Crippen molar-refractivity contribution < 1.29 is 13.5 Å². The van der Waals surface area contributed by atoms with E-state index < -0.39 is 6.61 Å². The number of hydrogen-bond acceptors (Lipinski definition) is 2. The van der Waals surface area contributed by atoms with Gasteiger partial charge in [0, 0.05) is 0 Å². The average Bonchev–Trinajstić information content (AvgIpc) is 2.08. The Morgan fingerprint density at radius 1 is 1.46 bits per heavy atom. The molecule has 1 rings (SSSR count). The minimum Gasteiger partial charge on any atom is -0.432 e. The van der Waals surface area contributed by atoms with Crippen LogP contribution < -0.4 is 4.74 Å². The van der Waals surface area contributed by atoms with Crippen molar-refractivity contribution in [3.63, 3.8) is 0 Å². The summed E-state index contributed by atoms with van der Waals surface area (Å²) < 4.78 is 27.7. The zero-order valence-electron chi connectivity index (χ0n) is 6.30. The molecule has 0 aliphatic rings. The SMILES string of the molecule is N#Cc1cccc(Cl)c1OC(F)F. The number of hydrogen-bond donors (Lipinski definition) is 0. The lowest BCUT2D eigenvalue weighted by Gasteiger charge is -2.07. The third-order valence-electron chi connectivity index (χ3n) is 1.29. The van der Waals surface area contributed by atoms with E-state index in [1.54, 1.807) is 6.07 Å². The van der Waals surface area contributed by atoms with Gasteiger partial charge in [0.15, 0.2) is 5.75 Å². The van der Waals surface area contributed by atoms with Gasteiger partial charge in [0.25, 0.3) is 0 Å². The van der Waals surface area contributed by atoms with Crippen LogP contribution in [-0.2, 0) is 0 Å².